The van der Waals surface area contributed by atoms with Gasteiger partial charge in [-0.25, -0.2) is 8.42 Å². The molecule has 1 amide bonds. The molecule has 2 heterocycles. The zero-order chi connectivity index (χ0) is 18.4. The molecule has 3 atom stereocenters. The van der Waals surface area contributed by atoms with Crippen LogP contribution in [0.2, 0.25) is 0 Å². The van der Waals surface area contributed by atoms with Crippen molar-refractivity contribution < 1.29 is 13.2 Å². The number of hydrogen-bond acceptors (Lipinski definition) is 4. The van der Waals surface area contributed by atoms with Gasteiger partial charge in [0.05, 0.1) is 24.0 Å². The van der Waals surface area contributed by atoms with Crippen LogP contribution in [0.4, 0.5) is 0 Å². The number of carbonyl (C=O) groups excluding carboxylic acids is 1. The van der Waals surface area contributed by atoms with Crippen molar-refractivity contribution in [1.29, 1.82) is 0 Å². The second kappa shape index (κ2) is 6.54. The summed E-state index contributed by atoms with van der Waals surface area (Å²) in [6.45, 7) is 8.90. The van der Waals surface area contributed by atoms with Gasteiger partial charge in [-0.15, -0.1) is 11.3 Å². The molecule has 0 radical (unpaired) electrons. The fourth-order valence-corrected chi connectivity index (χ4v) is 6.41. The number of sulfone groups is 1. The summed E-state index contributed by atoms with van der Waals surface area (Å²) in [4.78, 5) is 16.3. The summed E-state index contributed by atoms with van der Waals surface area (Å²) in [5.74, 6) is 0.601. The predicted molar refractivity (Wildman–Crippen MR) is 102 cm³/mol. The van der Waals surface area contributed by atoms with Crippen LogP contribution in [0.5, 0.6) is 0 Å². The van der Waals surface area contributed by atoms with E-state index in [1.807, 2.05) is 22.4 Å². The van der Waals surface area contributed by atoms with Crippen molar-refractivity contribution in [1.82, 2.24) is 4.90 Å². The Labute approximate surface area is 154 Å². The Kier molecular flexibility index (Phi) is 4.88. The molecule has 0 unspecified atom stereocenters. The fourth-order valence-electron chi connectivity index (χ4n) is 3.98. The number of thiophene rings is 1. The molecular formula is C19H27NO3S2. The van der Waals surface area contributed by atoms with Gasteiger partial charge in [-0.3, -0.25) is 4.79 Å². The lowest BCUT2D eigenvalue weighted by Gasteiger charge is -2.28. The van der Waals surface area contributed by atoms with Crippen LogP contribution in [-0.4, -0.2) is 36.8 Å². The highest BCUT2D eigenvalue weighted by Gasteiger charge is 2.61. The summed E-state index contributed by atoms with van der Waals surface area (Å²) in [6.07, 6.45) is 2.75. The zero-order valence-corrected chi connectivity index (χ0v) is 17.0. The number of allylic oxidation sites excluding steroid dienone is 2. The molecule has 2 fully saturated rings. The van der Waals surface area contributed by atoms with Crippen molar-refractivity contribution in [2.24, 2.45) is 17.3 Å². The van der Waals surface area contributed by atoms with Gasteiger partial charge in [0.15, 0.2) is 9.84 Å². The monoisotopic (exact) mass is 381 g/mol. The molecule has 0 spiro atoms. The molecule has 1 saturated carbocycles. The Balaban J connectivity index is 1.84. The van der Waals surface area contributed by atoms with E-state index in [1.54, 1.807) is 11.3 Å². The van der Waals surface area contributed by atoms with Crippen LogP contribution in [0.25, 0.3) is 0 Å². The predicted octanol–water partition coefficient (Wildman–Crippen LogP) is 3.50. The van der Waals surface area contributed by atoms with Gasteiger partial charge >= 0.3 is 0 Å². The molecule has 6 heteroatoms. The first-order valence-corrected chi connectivity index (χ1v) is 11.5. The first-order valence-electron chi connectivity index (χ1n) is 8.80. The van der Waals surface area contributed by atoms with E-state index in [2.05, 4.69) is 33.8 Å². The van der Waals surface area contributed by atoms with Gasteiger partial charge in [-0.2, -0.15) is 0 Å². The zero-order valence-electron chi connectivity index (χ0n) is 15.4. The van der Waals surface area contributed by atoms with Crippen LogP contribution in [0.1, 0.15) is 39.0 Å². The summed E-state index contributed by atoms with van der Waals surface area (Å²) < 4.78 is 23.9. The van der Waals surface area contributed by atoms with Crippen molar-refractivity contribution in [3.05, 3.63) is 34.0 Å². The molecule has 0 bridgehead atoms. The Bertz CT molecular complexity index is 774. The van der Waals surface area contributed by atoms with E-state index >= 15 is 0 Å². The second-order valence-corrected chi connectivity index (χ2v) is 11.4. The third-order valence-corrected chi connectivity index (χ3v) is 8.14. The quantitative estimate of drug-likeness (QED) is 0.734. The Hall–Kier alpha value is -1.14. The maximum atomic E-state index is 13.3. The molecule has 1 aromatic rings. The van der Waals surface area contributed by atoms with Gasteiger partial charge in [0.25, 0.3) is 0 Å². The molecule has 1 aromatic heterocycles. The smallest absolute Gasteiger partial charge is 0.227 e. The van der Waals surface area contributed by atoms with Crippen molar-refractivity contribution in [2.45, 2.75) is 46.7 Å². The lowest BCUT2D eigenvalue weighted by molar-refractivity contribution is -0.136. The number of carbonyl (C=O) groups is 1. The van der Waals surface area contributed by atoms with Crippen LogP contribution in [0.15, 0.2) is 29.2 Å². The average molecular weight is 382 g/mol. The average Bonchev–Trinajstić information content (AvgIpc) is 2.93. The summed E-state index contributed by atoms with van der Waals surface area (Å²) in [6, 6.07) is 3.80. The largest absolute Gasteiger partial charge is 0.333 e. The lowest BCUT2D eigenvalue weighted by atomic mass is 10.1. The highest BCUT2D eigenvalue weighted by atomic mass is 32.2. The third-order valence-electron chi connectivity index (χ3n) is 5.53. The van der Waals surface area contributed by atoms with E-state index < -0.39 is 9.84 Å². The Morgan fingerprint density at radius 1 is 1.40 bits per heavy atom. The van der Waals surface area contributed by atoms with Gasteiger partial charge in [0.2, 0.25) is 5.91 Å². The molecule has 0 N–H and O–H groups in total. The normalized spacial score (nSPS) is 29.2. The van der Waals surface area contributed by atoms with Crippen LogP contribution >= 0.6 is 11.3 Å². The fraction of sp³-hybridized carbons (Fsp3) is 0.632. The molecule has 4 nitrogen and oxygen atoms in total. The van der Waals surface area contributed by atoms with Gasteiger partial charge in [0.1, 0.15) is 0 Å². The molecular weight excluding hydrogens is 354 g/mol. The maximum absolute atomic E-state index is 13.3. The van der Waals surface area contributed by atoms with E-state index in [0.29, 0.717) is 13.0 Å². The highest BCUT2D eigenvalue weighted by Crippen LogP contribution is 2.60. The Morgan fingerprint density at radius 2 is 2.12 bits per heavy atom. The van der Waals surface area contributed by atoms with Crippen LogP contribution in [0, 0.1) is 17.3 Å². The van der Waals surface area contributed by atoms with Crippen molar-refractivity contribution in [2.75, 3.05) is 11.5 Å². The van der Waals surface area contributed by atoms with Crippen LogP contribution in [-0.2, 0) is 21.2 Å². The number of amides is 1. The summed E-state index contributed by atoms with van der Waals surface area (Å²) in [5, 5.41) is 2.00. The van der Waals surface area contributed by atoms with Gasteiger partial charge in [0, 0.05) is 10.9 Å². The molecule has 138 valence electrons. The molecule has 3 rings (SSSR count). The lowest BCUT2D eigenvalue weighted by Crippen LogP contribution is -2.42. The highest BCUT2D eigenvalue weighted by molar-refractivity contribution is 7.91. The topological polar surface area (TPSA) is 54.5 Å². The second-order valence-electron chi connectivity index (χ2n) is 8.17. The van der Waals surface area contributed by atoms with E-state index in [9.17, 15) is 13.2 Å². The molecule has 0 aromatic carbocycles. The minimum Gasteiger partial charge on any atom is -0.333 e. The minimum atomic E-state index is -3.02. The third kappa shape index (κ3) is 3.85. The molecule has 2 aliphatic rings. The first-order chi connectivity index (χ1) is 11.6. The van der Waals surface area contributed by atoms with Crippen molar-refractivity contribution in [3.8, 4) is 0 Å². The summed E-state index contributed by atoms with van der Waals surface area (Å²) in [7, 11) is -3.02. The van der Waals surface area contributed by atoms with Crippen LogP contribution in [0.3, 0.4) is 0 Å². The molecule has 1 aliphatic heterocycles. The Morgan fingerprint density at radius 3 is 2.64 bits per heavy atom. The summed E-state index contributed by atoms with van der Waals surface area (Å²) in [5.41, 5.74) is 1.17. The van der Waals surface area contributed by atoms with Gasteiger partial charge in [-0.1, -0.05) is 31.6 Å². The van der Waals surface area contributed by atoms with Gasteiger partial charge in [-0.05, 0) is 43.0 Å². The number of nitrogens with zero attached hydrogens (tertiary/aromatic N) is 1. The maximum Gasteiger partial charge on any atom is 0.227 e. The summed E-state index contributed by atoms with van der Waals surface area (Å²) >= 11 is 1.62. The van der Waals surface area contributed by atoms with E-state index in [0.717, 1.165) is 4.88 Å². The number of hydrogen-bond donors (Lipinski definition) is 0. The SMILES string of the molecule is CC(C)=C[C@@H]1[C@@H](C(=O)N(Cc2cccs2)[C@H]2CCS(=O)(=O)C2)C1(C)C. The van der Waals surface area contributed by atoms with E-state index in [4.69, 9.17) is 0 Å². The standard InChI is InChI=1S/C19H27NO3S2/c1-13(2)10-16-17(19(16,3)4)18(21)20(11-15-6-5-8-24-15)14-7-9-25(22,23)12-14/h5-6,8,10,14,16-17H,7,9,11-12H2,1-4H3/t14-,16+,17-/m0/s1. The molecule has 25 heavy (non-hydrogen) atoms. The van der Waals surface area contributed by atoms with Gasteiger partial charge < -0.3 is 4.90 Å². The minimum absolute atomic E-state index is 0.0503. The molecule has 1 aliphatic carbocycles. The van der Waals surface area contributed by atoms with Crippen molar-refractivity contribution >= 4 is 27.1 Å². The molecule has 1 saturated heterocycles. The van der Waals surface area contributed by atoms with E-state index in [-0.39, 0.29) is 40.7 Å². The number of rotatable bonds is 5. The van der Waals surface area contributed by atoms with Crippen LogP contribution < -0.4 is 0 Å². The first kappa shape index (κ1) is 18.6. The van der Waals surface area contributed by atoms with Crippen molar-refractivity contribution in [3.63, 3.8) is 0 Å². The van der Waals surface area contributed by atoms with E-state index in [1.165, 1.54) is 5.57 Å².